The average molecular weight is 204 g/mol. The van der Waals surface area contributed by atoms with Crippen LogP contribution in [0.5, 0.6) is 0 Å². The number of ether oxygens (including phenoxy) is 1. The molecule has 0 aromatic carbocycles. The zero-order chi connectivity index (χ0) is 10.9. The molecule has 2 rings (SSSR count). The summed E-state index contributed by atoms with van der Waals surface area (Å²) in [6.45, 7) is 1.72. The van der Waals surface area contributed by atoms with E-state index >= 15 is 0 Å². The third kappa shape index (κ3) is 1.54. The minimum absolute atomic E-state index is 0.123. The Kier molecular flexibility index (Phi) is 2.31. The number of allylic oxidation sites excluding steroid dienone is 4. The van der Waals surface area contributed by atoms with Gasteiger partial charge in [0, 0.05) is 6.08 Å². The van der Waals surface area contributed by atoms with Gasteiger partial charge in [0.05, 0.1) is 0 Å². The molecule has 2 aliphatic rings. The van der Waals surface area contributed by atoms with Crippen molar-refractivity contribution in [2.24, 2.45) is 0 Å². The van der Waals surface area contributed by atoms with Crippen molar-refractivity contribution in [1.29, 1.82) is 0 Å². The van der Waals surface area contributed by atoms with E-state index < -0.39 is 5.60 Å². The quantitative estimate of drug-likeness (QED) is 0.643. The van der Waals surface area contributed by atoms with Crippen LogP contribution in [0.15, 0.2) is 35.6 Å². The number of hydrogen-bond donors (Lipinski definition) is 0. The van der Waals surface area contributed by atoms with Crippen LogP contribution in [0.4, 0.5) is 0 Å². The van der Waals surface area contributed by atoms with Crippen molar-refractivity contribution >= 4 is 12.1 Å². The first-order chi connectivity index (χ1) is 7.16. The fourth-order valence-electron chi connectivity index (χ4n) is 1.86. The minimum Gasteiger partial charge on any atom is -0.471 e. The molecule has 0 radical (unpaired) electrons. The maximum Gasteiger partial charge on any atom is 0.207 e. The molecule has 1 heterocycles. The van der Waals surface area contributed by atoms with Gasteiger partial charge in [-0.2, -0.15) is 0 Å². The molecule has 0 spiro atoms. The van der Waals surface area contributed by atoms with Gasteiger partial charge >= 0.3 is 0 Å². The number of rotatable bonds is 2. The molecule has 1 unspecified atom stereocenters. The van der Waals surface area contributed by atoms with Crippen LogP contribution >= 0.6 is 0 Å². The standard InChI is InChI=1S/C12H12O3/c1-12(9-5-3-2-4-6-9)11(14)7-10(8-13)15-12/h2-3,5,7-8H,4,6H2,1H3. The highest BCUT2D eigenvalue weighted by molar-refractivity contribution is 6.05. The zero-order valence-electron chi connectivity index (χ0n) is 8.53. The Balaban J connectivity index is 2.30. The summed E-state index contributed by atoms with van der Waals surface area (Å²) in [5, 5.41) is 0. The van der Waals surface area contributed by atoms with Gasteiger partial charge in [0.1, 0.15) is 0 Å². The third-order valence-electron chi connectivity index (χ3n) is 2.81. The molecule has 0 fully saturated rings. The average Bonchev–Trinajstić information content (AvgIpc) is 2.57. The van der Waals surface area contributed by atoms with Gasteiger partial charge in [-0.15, -0.1) is 0 Å². The number of hydrogen-bond acceptors (Lipinski definition) is 3. The molecule has 3 heteroatoms. The molecule has 0 saturated carbocycles. The van der Waals surface area contributed by atoms with Crippen LogP contribution in [0, 0.1) is 0 Å². The van der Waals surface area contributed by atoms with Crippen molar-refractivity contribution in [3.63, 3.8) is 0 Å². The van der Waals surface area contributed by atoms with Gasteiger partial charge in [-0.1, -0.05) is 18.2 Å². The molecule has 0 aromatic rings. The van der Waals surface area contributed by atoms with E-state index in [0.717, 1.165) is 18.4 Å². The molecule has 3 nitrogen and oxygen atoms in total. The number of carbonyl (C=O) groups is 2. The predicted octanol–water partition coefficient (Wildman–Crippen LogP) is 1.70. The van der Waals surface area contributed by atoms with Gasteiger partial charge in [-0.3, -0.25) is 9.59 Å². The Morgan fingerprint density at radius 3 is 2.87 bits per heavy atom. The Morgan fingerprint density at radius 1 is 1.53 bits per heavy atom. The van der Waals surface area contributed by atoms with E-state index in [0.29, 0.717) is 6.29 Å². The van der Waals surface area contributed by atoms with Crippen molar-refractivity contribution in [3.8, 4) is 0 Å². The lowest BCUT2D eigenvalue weighted by atomic mass is 9.86. The summed E-state index contributed by atoms with van der Waals surface area (Å²) in [4.78, 5) is 22.3. The van der Waals surface area contributed by atoms with Gasteiger partial charge in [0.25, 0.3) is 0 Å². The van der Waals surface area contributed by atoms with Crippen LogP contribution in [0.2, 0.25) is 0 Å². The minimum atomic E-state index is -0.957. The second-order valence-electron chi connectivity index (χ2n) is 3.82. The molecular weight excluding hydrogens is 192 g/mol. The lowest BCUT2D eigenvalue weighted by Crippen LogP contribution is -2.35. The first kappa shape index (κ1) is 9.90. The number of aldehydes is 1. The Hall–Kier alpha value is -1.64. The molecule has 78 valence electrons. The molecule has 1 atom stereocenters. The van der Waals surface area contributed by atoms with Crippen LogP contribution in [-0.2, 0) is 14.3 Å². The van der Waals surface area contributed by atoms with Crippen molar-refractivity contribution in [2.45, 2.75) is 25.4 Å². The van der Waals surface area contributed by atoms with Crippen molar-refractivity contribution in [1.82, 2.24) is 0 Å². The van der Waals surface area contributed by atoms with Crippen molar-refractivity contribution in [2.75, 3.05) is 0 Å². The number of ketones is 1. The van der Waals surface area contributed by atoms with E-state index in [9.17, 15) is 9.59 Å². The molecule has 0 aromatic heterocycles. The van der Waals surface area contributed by atoms with Gasteiger partial charge in [0.15, 0.2) is 17.6 Å². The molecule has 0 N–H and O–H groups in total. The summed E-state index contributed by atoms with van der Waals surface area (Å²) in [5.41, 5.74) is -0.0239. The van der Waals surface area contributed by atoms with Crippen molar-refractivity contribution < 1.29 is 14.3 Å². The molecule has 1 aliphatic carbocycles. The highest BCUT2D eigenvalue weighted by Gasteiger charge is 2.42. The first-order valence-corrected chi connectivity index (χ1v) is 4.93. The Labute approximate surface area is 88.1 Å². The fraction of sp³-hybridized carbons (Fsp3) is 0.333. The van der Waals surface area contributed by atoms with E-state index in [2.05, 4.69) is 0 Å². The largest absolute Gasteiger partial charge is 0.471 e. The van der Waals surface area contributed by atoms with E-state index in [1.165, 1.54) is 6.08 Å². The van der Waals surface area contributed by atoms with E-state index in [1.54, 1.807) is 6.92 Å². The van der Waals surface area contributed by atoms with E-state index in [1.807, 2.05) is 18.2 Å². The van der Waals surface area contributed by atoms with Crippen LogP contribution < -0.4 is 0 Å². The first-order valence-electron chi connectivity index (χ1n) is 4.93. The van der Waals surface area contributed by atoms with E-state index in [-0.39, 0.29) is 11.5 Å². The molecule has 0 amide bonds. The smallest absolute Gasteiger partial charge is 0.207 e. The molecule has 15 heavy (non-hydrogen) atoms. The van der Waals surface area contributed by atoms with Crippen LogP contribution in [0.25, 0.3) is 0 Å². The second-order valence-corrected chi connectivity index (χ2v) is 3.82. The lowest BCUT2D eigenvalue weighted by molar-refractivity contribution is -0.126. The zero-order valence-corrected chi connectivity index (χ0v) is 8.53. The number of carbonyl (C=O) groups excluding carboxylic acids is 2. The van der Waals surface area contributed by atoms with Gasteiger partial charge in [-0.05, 0) is 25.3 Å². The Morgan fingerprint density at radius 2 is 2.33 bits per heavy atom. The third-order valence-corrected chi connectivity index (χ3v) is 2.81. The molecule has 0 bridgehead atoms. The maximum atomic E-state index is 11.7. The lowest BCUT2D eigenvalue weighted by Gasteiger charge is -2.27. The van der Waals surface area contributed by atoms with Crippen LogP contribution in [0.1, 0.15) is 19.8 Å². The normalized spacial score (nSPS) is 29.5. The summed E-state index contributed by atoms with van der Waals surface area (Å²) in [6, 6.07) is 0. The van der Waals surface area contributed by atoms with E-state index in [4.69, 9.17) is 4.74 Å². The van der Waals surface area contributed by atoms with Gasteiger partial charge in [-0.25, -0.2) is 0 Å². The molecule has 0 saturated heterocycles. The summed E-state index contributed by atoms with van der Waals surface area (Å²) in [6.07, 6.45) is 9.41. The maximum absolute atomic E-state index is 11.7. The monoisotopic (exact) mass is 204 g/mol. The predicted molar refractivity (Wildman–Crippen MR) is 55.1 cm³/mol. The Bertz CT molecular complexity index is 401. The molecular formula is C12H12O3. The van der Waals surface area contributed by atoms with Gasteiger partial charge in [0.2, 0.25) is 5.78 Å². The summed E-state index contributed by atoms with van der Waals surface area (Å²) >= 11 is 0. The van der Waals surface area contributed by atoms with Crippen LogP contribution in [-0.4, -0.2) is 17.7 Å². The summed E-state index contributed by atoms with van der Waals surface area (Å²) in [5.74, 6) is -0.0240. The van der Waals surface area contributed by atoms with Crippen molar-refractivity contribution in [3.05, 3.63) is 35.6 Å². The summed E-state index contributed by atoms with van der Waals surface area (Å²) < 4.78 is 5.39. The van der Waals surface area contributed by atoms with Crippen LogP contribution in [0.3, 0.4) is 0 Å². The second kappa shape index (κ2) is 3.50. The van der Waals surface area contributed by atoms with Gasteiger partial charge < -0.3 is 4.74 Å². The molecule has 1 aliphatic heterocycles. The highest BCUT2D eigenvalue weighted by atomic mass is 16.5. The SMILES string of the molecule is CC1(C2=CC=CCC2)OC(C=O)=CC1=O. The topological polar surface area (TPSA) is 43.4 Å². The fourth-order valence-corrected chi connectivity index (χ4v) is 1.86. The summed E-state index contributed by atoms with van der Waals surface area (Å²) in [7, 11) is 0. The highest BCUT2D eigenvalue weighted by Crippen LogP contribution is 2.34.